The lowest BCUT2D eigenvalue weighted by Gasteiger charge is -2.32. The highest BCUT2D eigenvalue weighted by Crippen LogP contribution is 2.28. The number of rotatable bonds is 3. The van der Waals surface area contributed by atoms with Crippen LogP contribution in [0.2, 0.25) is 0 Å². The van der Waals surface area contributed by atoms with Gasteiger partial charge in [0.1, 0.15) is 0 Å². The number of anilines is 1. The number of carbonyl (C=O) groups excluding carboxylic acids is 2. The molecule has 1 aromatic rings. The van der Waals surface area contributed by atoms with Gasteiger partial charge in [-0.25, -0.2) is 4.79 Å². The Bertz CT molecular complexity index is 548. The molecular weight excluding hydrogens is 268 g/mol. The zero-order chi connectivity index (χ0) is 15.5. The molecule has 0 unspecified atom stereocenters. The van der Waals surface area contributed by atoms with E-state index in [-0.39, 0.29) is 5.91 Å². The molecule has 3 N–H and O–H groups in total. The molecule has 0 heterocycles. The molecule has 0 atom stereocenters. The molecule has 5 nitrogen and oxygen atoms in total. The van der Waals surface area contributed by atoms with Crippen LogP contribution in [0.25, 0.3) is 0 Å². The molecule has 1 fully saturated rings. The summed E-state index contributed by atoms with van der Waals surface area (Å²) in [6.45, 7) is 1.88. The Kier molecular flexibility index (Phi) is 4.63. The first-order valence-corrected chi connectivity index (χ1v) is 7.25. The number of hydrogen-bond donors (Lipinski definition) is 2. The van der Waals surface area contributed by atoms with E-state index in [1.807, 2.05) is 13.0 Å². The van der Waals surface area contributed by atoms with E-state index in [2.05, 4.69) is 5.32 Å². The second-order valence-electron chi connectivity index (χ2n) is 5.71. The number of nitrogens with one attached hydrogen (secondary N) is 1. The molecule has 1 amide bonds. The fourth-order valence-corrected chi connectivity index (χ4v) is 2.70. The molecule has 114 valence electrons. The summed E-state index contributed by atoms with van der Waals surface area (Å²) in [5, 5.41) is 2.80. The van der Waals surface area contributed by atoms with Crippen molar-refractivity contribution in [1.82, 2.24) is 0 Å². The summed E-state index contributed by atoms with van der Waals surface area (Å²) in [6, 6.07) is 5.25. The molecule has 1 saturated carbocycles. The van der Waals surface area contributed by atoms with E-state index in [4.69, 9.17) is 10.5 Å². The van der Waals surface area contributed by atoms with Crippen LogP contribution in [0.1, 0.15) is 48.0 Å². The van der Waals surface area contributed by atoms with Crippen molar-refractivity contribution in [3.8, 4) is 0 Å². The maximum Gasteiger partial charge on any atom is 0.339 e. The lowest BCUT2D eigenvalue weighted by atomic mass is 9.82. The predicted molar refractivity (Wildman–Crippen MR) is 81.2 cm³/mol. The molecule has 0 saturated heterocycles. The van der Waals surface area contributed by atoms with Crippen LogP contribution < -0.4 is 11.1 Å². The summed E-state index contributed by atoms with van der Waals surface area (Å²) in [6.07, 6.45) is 4.39. The van der Waals surface area contributed by atoms with Crippen molar-refractivity contribution in [1.29, 1.82) is 0 Å². The molecule has 2 rings (SSSR count). The predicted octanol–water partition coefficient (Wildman–Crippen LogP) is 2.38. The van der Waals surface area contributed by atoms with E-state index in [1.54, 1.807) is 12.1 Å². The van der Waals surface area contributed by atoms with Crippen LogP contribution in [-0.4, -0.2) is 24.5 Å². The van der Waals surface area contributed by atoms with Crippen molar-refractivity contribution in [2.75, 3.05) is 12.4 Å². The van der Waals surface area contributed by atoms with Gasteiger partial charge in [0.25, 0.3) is 0 Å². The molecule has 0 spiro atoms. The van der Waals surface area contributed by atoms with E-state index >= 15 is 0 Å². The van der Waals surface area contributed by atoms with Crippen LogP contribution in [0, 0.1) is 6.92 Å². The second-order valence-corrected chi connectivity index (χ2v) is 5.71. The van der Waals surface area contributed by atoms with Gasteiger partial charge in [-0.1, -0.05) is 30.9 Å². The Balaban J connectivity index is 2.22. The normalized spacial score (nSPS) is 17.1. The van der Waals surface area contributed by atoms with Crippen molar-refractivity contribution < 1.29 is 14.3 Å². The van der Waals surface area contributed by atoms with Crippen LogP contribution in [-0.2, 0) is 9.53 Å². The third kappa shape index (κ3) is 3.42. The van der Waals surface area contributed by atoms with E-state index in [0.29, 0.717) is 24.1 Å². The van der Waals surface area contributed by atoms with Gasteiger partial charge in [-0.05, 0) is 31.9 Å². The number of amides is 1. The first-order valence-electron chi connectivity index (χ1n) is 7.25. The Morgan fingerprint density at radius 3 is 2.52 bits per heavy atom. The maximum atomic E-state index is 12.4. The minimum atomic E-state index is -0.837. The van der Waals surface area contributed by atoms with Gasteiger partial charge in [0, 0.05) is 0 Å². The van der Waals surface area contributed by atoms with Gasteiger partial charge in [0.15, 0.2) is 0 Å². The number of esters is 1. The number of ether oxygens (including phenoxy) is 1. The average Bonchev–Trinajstić information content (AvgIpc) is 2.49. The molecule has 0 aliphatic heterocycles. The first kappa shape index (κ1) is 15.5. The monoisotopic (exact) mass is 290 g/mol. The van der Waals surface area contributed by atoms with Crippen LogP contribution in [0.15, 0.2) is 18.2 Å². The van der Waals surface area contributed by atoms with Crippen LogP contribution in [0.5, 0.6) is 0 Å². The Hall–Kier alpha value is -1.88. The summed E-state index contributed by atoms with van der Waals surface area (Å²) in [5.74, 6) is -0.695. The minimum absolute atomic E-state index is 0.226. The third-order valence-corrected chi connectivity index (χ3v) is 4.03. The fourth-order valence-electron chi connectivity index (χ4n) is 2.70. The van der Waals surface area contributed by atoms with Gasteiger partial charge in [-0.15, -0.1) is 0 Å². The van der Waals surface area contributed by atoms with E-state index in [9.17, 15) is 9.59 Å². The number of aryl methyl sites for hydroxylation is 1. The molecule has 0 aromatic heterocycles. The molecule has 1 aromatic carbocycles. The number of methoxy groups -OCH3 is 1. The fraction of sp³-hybridized carbons (Fsp3) is 0.500. The van der Waals surface area contributed by atoms with Gasteiger partial charge in [-0.3, -0.25) is 4.79 Å². The molecule has 21 heavy (non-hydrogen) atoms. The molecule has 0 bridgehead atoms. The highest BCUT2D eigenvalue weighted by Gasteiger charge is 2.35. The summed E-state index contributed by atoms with van der Waals surface area (Å²) >= 11 is 0. The van der Waals surface area contributed by atoms with Gasteiger partial charge in [0.2, 0.25) is 5.91 Å². The summed E-state index contributed by atoms with van der Waals surface area (Å²) in [4.78, 5) is 24.3. The molecule has 1 aliphatic carbocycles. The molecule has 5 heteroatoms. The summed E-state index contributed by atoms with van der Waals surface area (Å²) < 4.78 is 4.76. The van der Waals surface area contributed by atoms with Crippen LogP contribution in [0.4, 0.5) is 5.69 Å². The van der Waals surface area contributed by atoms with Crippen molar-refractivity contribution in [3.05, 3.63) is 29.3 Å². The average molecular weight is 290 g/mol. The smallest absolute Gasteiger partial charge is 0.339 e. The SMILES string of the molecule is COC(=O)c1cc(C)ccc1NC(=O)C1(N)CCCCC1. The third-order valence-electron chi connectivity index (χ3n) is 4.03. The Labute approximate surface area is 124 Å². The van der Waals surface area contributed by atoms with Crippen LogP contribution >= 0.6 is 0 Å². The maximum absolute atomic E-state index is 12.4. The first-order chi connectivity index (χ1) is 9.96. The number of hydrogen-bond acceptors (Lipinski definition) is 4. The topological polar surface area (TPSA) is 81.4 Å². The van der Waals surface area contributed by atoms with Crippen LogP contribution in [0.3, 0.4) is 0 Å². The van der Waals surface area contributed by atoms with Crippen molar-refractivity contribution in [2.24, 2.45) is 5.73 Å². The molecule has 1 aliphatic rings. The van der Waals surface area contributed by atoms with Gasteiger partial charge in [0.05, 0.1) is 23.9 Å². The summed E-state index contributed by atoms with van der Waals surface area (Å²) in [7, 11) is 1.32. The number of carbonyl (C=O) groups is 2. The molecular formula is C16H22N2O3. The van der Waals surface area contributed by atoms with Crippen molar-refractivity contribution >= 4 is 17.6 Å². The minimum Gasteiger partial charge on any atom is -0.465 e. The Morgan fingerprint density at radius 1 is 1.24 bits per heavy atom. The van der Waals surface area contributed by atoms with E-state index < -0.39 is 11.5 Å². The van der Waals surface area contributed by atoms with Crippen molar-refractivity contribution in [3.63, 3.8) is 0 Å². The zero-order valence-electron chi connectivity index (χ0n) is 12.6. The van der Waals surface area contributed by atoms with Gasteiger partial charge < -0.3 is 15.8 Å². The van der Waals surface area contributed by atoms with Crippen molar-refractivity contribution in [2.45, 2.75) is 44.6 Å². The van der Waals surface area contributed by atoms with Gasteiger partial charge in [-0.2, -0.15) is 0 Å². The zero-order valence-corrected chi connectivity index (χ0v) is 12.6. The standard InChI is InChI=1S/C16H22N2O3/c1-11-6-7-13(12(10-11)14(19)21-2)18-15(20)16(17)8-4-3-5-9-16/h6-7,10H,3-5,8-9,17H2,1-2H3,(H,18,20). The lowest BCUT2D eigenvalue weighted by Crippen LogP contribution is -2.52. The number of nitrogens with two attached hydrogens (primary N) is 1. The highest BCUT2D eigenvalue weighted by atomic mass is 16.5. The quantitative estimate of drug-likeness (QED) is 0.837. The largest absolute Gasteiger partial charge is 0.465 e. The Morgan fingerprint density at radius 2 is 1.90 bits per heavy atom. The van der Waals surface area contributed by atoms with E-state index in [1.165, 1.54) is 7.11 Å². The van der Waals surface area contributed by atoms with E-state index in [0.717, 1.165) is 24.8 Å². The highest BCUT2D eigenvalue weighted by molar-refractivity contribution is 6.04. The number of benzene rings is 1. The second kappa shape index (κ2) is 6.26. The van der Waals surface area contributed by atoms with Gasteiger partial charge >= 0.3 is 5.97 Å². The molecule has 0 radical (unpaired) electrons. The summed E-state index contributed by atoms with van der Waals surface area (Å²) in [5.41, 5.74) is 7.10. The lowest BCUT2D eigenvalue weighted by molar-refractivity contribution is -0.122.